The molecule has 0 aliphatic rings. The quantitative estimate of drug-likeness (QED) is 0.744. The van der Waals surface area contributed by atoms with Crippen LogP contribution in [0.25, 0.3) is 5.57 Å². The molecule has 0 amide bonds. The van der Waals surface area contributed by atoms with Crippen LogP contribution in [0, 0.1) is 6.92 Å². The van der Waals surface area contributed by atoms with E-state index < -0.39 is 0 Å². The molecule has 0 spiro atoms. The predicted molar refractivity (Wildman–Crippen MR) is 69.8 cm³/mol. The number of hydrogen-bond acceptors (Lipinski definition) is 1. The van der Waals surface area contributed by atoms with Crippen molar-refractivity contribution >= 4 is 21.5 Å². The molecule has 82 valence electrons. The van der Waals surface area contributed by atoms with Gasteiger partial charge in [0.1, 0.15) is 5.75 Å². The van der Waals surface area contributed by atoms with Crippen molar-refractivity contribution in [2.24, 2.45) is 0 Å². The second-order valence-corrected chi connectivity index (χ2v) is 4.34. The Hall–Kier alpha value is -0.760. The third-order valence-electron chi connectivity index (χ3n) is 2.41. The van der Waals surface area contributed by atoms with Gasteiger partial charge in [-0.2, -0.15) is 0 Å². The lowest BCUT2D eigenvalue weighted by molar-refractivity contribution is 0.411. The smallest absolute Gasteiger partial charge is 0.121 e. The van der Waals surface area contributed by atoms with E-state index in [1.165, 1.54) is 16.7 Å². The highest BCUT2D eigenvalue weighted by Crippen LogP contribution is 2.23. The molecule has 0 N–H and O–H groups in total. The lowest BCUT2D eigenvalue weighted by Gasteiger charge is -2.07. The second-order valence-electron chi connectivity index (χ2n) is 3.55. The van der Waals surface area contributed by atoms with E-state index in [4.69, 9.17) is 4.74 Å². The first-order valence-corrected chi connectivity index (χ1v) is 6.19. The fraction of sp³-hybridized carbons (Fsp3) is 0.385. The van der Waals surface area contributed by atoms with Crippen molar-refractivity contribution in [2.45, 2.75) is 20.3 Å². The summed E-state index contributed by atoms with van der Waals surface area (Å²) in [5.74, 6) is 0.951. The van der Waals surface area contributed by atoms with Gasteiger partial charge in [0.15, 0.2) is 0 Å². The molecule has 0 bridgehead atoms. The zero-order valence-electron chi connectivity index (χ0n) is 9.51. The Morgan fingerprint density at radius 3 is 2.73 bits per heavy atom. The summed E-state index contributed by atoms with van der Waals surface area (Å²) < 4.78 is 5.23. The van der Waals surface area contributed by atoms with Crippen LogP contribution in [0.3, 0.4) is 0 Å². The van der Waals surface area contributed by atoms with E-state index >= 15 is 0 Å². The number of ether oxygens (including phenoxy) is 1. The maximum atomic E-state index is 5.23. The molecule has 0 saturated heterocycles. The van der Waals surface area contributed by atoms with Gasteiger partial charge < -0.3 is 4.74 Å². The third-order valence-corrected chi connectivity index (χ3v) is 2.87. The fourth-order valence-electron chi connectivity index (χ4n) is 1.51. The van der Waals surface area contributed by atoms with E-state index in [2.05, 4.69) is 48.0 Å². The monoisotopic (exact) mass is 268 g/mol. The fourth-order valence-corrected chi connectivity index (χ4v) is 1.74. The number of allylic oxidation sites excluding steroid dienone is 2. The van der Waals surface area contributed by atoms with E-state index in [0.717, 1.165) is 17.5 Å². The van der Waals surface area contributed by atoms with Crippen LogP contribution < -0.4 is 4.74 Å². The molecule has 0 unspecified atom stereocenters. The summed E-state index contributed by atoms with van der Waals surface area (Å²) >= 11 is 3.42. The number of benzene rings is 1. The van der Waals surface area contributed by atoms with Crippen molar-refractivity contribution in [1.29, 1.82) is 0 Å². The first-order valence-electron chi connectivity index (χ1n) is 5.06. The Balaban J connectivity index is 2.92. The van der Waals surface area contributed by atoms with Crippen molar-refractivity contribution < 1.29 is 4.74 Å². The summed E-state index contributed by atoms with van der Waals surface area (Å²) in [6.07, 6.45) is 3.31. The Morgan fingerprint density at radius 1 is 1.47 bits per heavy atom. The second kappa shape index (κ2) is 5.96. The maximum Gasteiger partial charge on any atom is 0.121 e. The van der Waals surface area contributed by atoms with Crippen molar-refractivity contribution in [1.82, 2.24) is 0 Å². The van der Waals surface area contributed by atoms with Gasteiger partial charge in [0.05, 0.1) is 7.11 Å². The van der Waals surface area contributed by atoms with E-state index in [9.17, 15) is 0 Å². The molecule has 0 atom stereocenters. The normalized spacial score (nSPS) is 11.6. The first-order chi connectivity index (χ1) is 7.19. The van der Waals surface area contributed by atoms with E-state index in [-0.39, 0.29) is 0 Å². The molecule has 1 rings (SSSR count). The van der Waals surface area contributed by atoms with Gasteiger partial charge in [0, 0.05) is 5.33 Å². The van der Waals surface area contributed by atoms with Crippen molar-refractivity contribution in [3.63, 3.8) is 0 Å². The van der Waals surface area contributed by atoms with Crippen LogP contribution >= 0.6 is 15.9 Å². The number of rotatable bonds is 4. The predicted octanol–water partition coefficient (Wildman–Crippen LogP) is 4.19. The molecular formula is C13H17BrO. The summed E-state index contributed by atoms with van der Waals surface area (Å²) in [5.41, 5.74) is 3.77. The van der Waals surface area contributed by atoms with E-state index in [0.29, 0.717) is 0 Å². The summed E-state index contributed by atoms with van der Waals surface area (Å²) in [6, 6.07) is 6.29. The molecule has 1 aromatic carbocycles. The summed E-state index contributed by atoms with van der Waals surface area (Å²) in [6.45, 7) is 4.21. The van der Waals surface area contributed by atoms with Gasteiger partial charge in [0.2, 0.25) is 0 Å². The lowest BCUT2D eigenvalue weighted by Crippen LogP contribution is -1.89. The van der Waals surface area contributed by atoms with Crippen LogP contribution in [-0.4, -0.2) is 12.4 Å². The van der Waals surface area contributed by atoms with Crippen molar-refractivity contribution in [3.05, 3.63) is 35.4 Å². The summed E-state index contributed by atoms with van der Waals surface area (Å²) in [7, 11) is 1.70. The largest absolute Gasteiger partial charge is 0.496 e. The molecule has 1 aromatic rings. The molecular weight excluding hydrogens is 252 g/mol. The number of hydrogen-bond donors (Lipinski definition) is 0. The van der Waals surface area contributed by atoms with Crippen molar-refractivity contribution in [2.75, 3.05) is 12.4 Å². The topological polar surface area (TPSA) is 9.23 Å². The van der Waals surface area contributed by atoms with Gasteiger partial charge in [-0.25, -0.2) is 0 Å². The van der Waals surface area contributed by atoms with Crippen LogP contribution in [0.2, 0.25) is 0 Å². The molecule has 0 aliphatic carbocycles. The molecule has 0 saturated carbocycles. The van der Waals surface area contributed by atoms with E-state index in [1.54, 1.807) is 7.11 Å². The van der Waals surface area contributed by atoms with Crippen LogP contribution in [0.5, 0.6) is 5.75 Å². The average Bonchev–Trinajstić information content (AvgIpc) is 2.25. The molecule has 0 aliphatic heterocycles. The molecule has 2 heteroatoms. The van der Waals surface area contributed by atoms with Gasteiger partial charge in [-0.1, -0.05) is 28.1 Å². The van der Waals surface area contributed by atoms with Gasteiger partial charge in [-0.3, -0.25) is 0 Å². The molecule has 0 heterocycles. The van der Waals surface area contributed by atoms with Crippen LogP contribution in [0.4, 0.5) is 0 Å². The number of aryl methyl sites for hydroxylation is 1. The van der Waals surface area contributed by atoms with Gasteiger partial charge in [-0.15, -0.1) is 0 Å². The van der Waals surface area contributed by atoms with E-state index in [1.807, 2.05) is 6.07 Å². The van der Waals surface area contributed by atoms with Crippen LogP contribution in [0.15, 0.2) is 24.3 Å². The highest BCUT2D eigenvalue weighted by Gasteiger charge is 2.00. The Morgan fingerprint density at radius 2 is 2.20 bits per heavy atom. The van der Waals surface area contributed by atoms with Crippen LogP contribution in [0.1, 0.15) is 24.5 Å². The minimum Gasteiger partial charge on any atom is -0.496 e. The van der Waals surface area contributed by atoms with Crippen LogP contribution in [-0.2, 0) is 0 Å². The minimum atomic E-state index is 0.951. The number of alkyl halides is 1. The summed E-state index contributed by atoms with van der Waals surface area (Å²) in [5, 5.41) is 1.01. The molecule has 1 nitrogen and oxygen atoms in total. The van der Waals surface area contributed by atoms with Gasteiger partial charge in [-0.05, 0) is 49.1 Å². The number of halogens is 1. The third kappa shape index (κ3) is 3.38. The molecule has 0 aromatic heterocycles. The molecule has 15 heavy (non-hydrogen) atoms. The Bertz CT molecular complexity index is 356. The molecule has 0 fully saturated rings. The molecule has 0 radical (unpaired) electrons. The Labute approximate surface area is 100 Å². The maximum absolute atomic E-state index is 5.23. The number of methoxy groups -OCH3 is 1. The highest BCUT2D eigenvalue weighted by molar-refractivity contribution is 9.09. The van der Waals surface area contributed by atoms with Gasteiger partial charge in [0.25, 0.3) is 0 Å². The van der Waals surface area contributed by atoms with Crippen molar-refractivity contribution in [3.8, 4) is 5.75 Å². The summed E-state index contributed by atoms with van der Waals surface area (Å²) in [4.78, 5) is 0. The lowest BCUT2D eigenvalue weighted by atomic mass is 10.0. The zero-order chi connectivity index (χ0) is 11.3. The first kappa shape index (κ1) is 12.3. The Kier molecular flexibility index (Phi) is 4.89. The SMILES string of the molecule is COc1ccc(/C(C)=C/CCBr)cc1C. The highest BCUT2D eigenvalue weighted by atomic mass is 79.9. The standard InChI is InChI=1S/C13H17BrO/c1-10(5-4-8-14)12-6-7-13(15-3)11(2)9-12/h5-7,9H,4,8H2,1-3H3/b10-5+. The van der Waals surface area contributed by atoms with Gasteiger partial charge >= 0.3 is 0 Å². The average molecular weight is 269 g/mol. The zero-order valence-corrected chi connectivity index (χ0v) is 11.1. The minimum absolute atomic E-state index is 0.951.